The first-order valence-corrected chi connectivity index (χ1v) is 39.7. The molecule has 10 rings (SSSR count). The normalized spacial score (nSPS) is 15.6. The lowest BCUT2D eigenvalue weighted by molar-refractivity contribution is 0.0170. The summed E-state index contributed by atoms with van der Waals surface area (Å²) in [6.45, 7) is 39.7. The second-order valence-corrected chi connectivity index (χ2v) is 34.0. The van der Waals surface area contributed by atoms with Crippen LogP contribution in [0.3, 0.4) is 0 Å². The van der Waals surface area contributed by atoms with Crippen molar-refractivity contribution in [3.8, 4) is 5.75 Å². The van der Waals surface area contributed by atoms with Gasteiger partial charge < -0.3 is 48.0 Å². The molecule has 544 valence electrons. The number of carbonyl (C=O) groups is 5. The van der Waals surface area contributed by atoms with Crippen molar-refractivity contribution in [2.75, 3.05) is 39.3 Å². The second-order valence-electron chi connectivity index (χ2n) is 31.2. The molecule has 21 heteroatoms. The van der Waals surface area contributed by atoms with Crippen LogP contribution < -0.4 is 4.74 Å². The van der Waals surface area contributed by atoms with Crippen molar-refractivity contribution in [3.63, 3.8) is 0 Å². The minimum atomic E-state index is -0.479. The van der Waals surface area contributed by atoms with Gasteiger partial charge in [-0.2, -0.15) is 0 Å². The highest BCUT2D eigenvalue weighted by Crippen LogP contribution is 2.36. The first kappa shape index (κ1) is 82.6. The molecule has 0 aliphatic carbocycles. The molecule has 0 bridgehead atoms. The Morgan fingerprint density at radius 1 is 0.364 bits per heavy atom. The van der Waals surface area contributed by atoms with Crippen LogP contribution in [0, 0.1) is 0 Å². The Morgan fingerprint density at radius 2 is 0.697 bits per heavy atom. The molecule has 99 heavy (non-hydrogen) atoms. The summed E-state index contributed by atoms with van der Waals surface area (Å²) in [7, 11) is 0. The summed E-state index contributed by atoms with van der Waals surface area (Å²) in [5, 5.41) is 4.23. The second kappa shape index (κ2) is 36.2. The fourth-order valence-electron chi connectivity index (χ4n) is 11.5. The summed E-state index contributed by atoms with van der Waals surface area (Å²) in [6.07, 6.45) is 2.63. The summed E-state index contributed by atoms with van der Waals surface area (Å²) >= 11 is 17.4. The zero-order chi connectivity index (χ0) is 73.4. The molecule has 0 atom stereocenters. The first-order chi connectivity index (χ1) is 46.2. The van der Waals surface area contributed by atoms with E-state index in [1.54, 1.807) is 14.7 Å². The SMILES string of the molecule is CC(C)(C)OC(=O)N1CCCc2cc(CBr)ccc2C1.CC(C)(C)OC(=O)N1CCOc2cc(CBr)ccc2C1.CC(C)(C)OC(=O)N1CCc2ccc(CBr)cc2CC1.CC(C)(C)OC(=O)N1Cc2ccc(CBr)cc2C(C)(C)C1.CC(C)(C)OC(=O)N1Cc2ccc(CBr)cc2C1. The molecule has 0 aromatic heterocycles. The average molecular weight is 1690 g/mol. The van der Waals surface area contributed by atoms with E-state index in [0.29, 0.717) is 52.4 Å². The third-order valence-corrected chi connectivity index (χ3v) is 19.3. The number of aryl methyl sites for hydroxylation is 1. The van der Waals surface area contributed by atoms with Gasteiger partial charge in [0.25, 0.3) is 0 Å². The molecule has 0 saturated heterocycles. The van der Waals surface area contributed by atoms with Crippen LogP contribution in [-0.4, -0.2) is 122 Å². The minimum absolute atomic E-state index is 0.0668. The fourth-order valence-corrected chi connectivity index (χ4v) is 13.2. The maximum absolute atomic E-state index is 12.3. The van der Waals surface area contributed by atoms with E-state index in [1.165, 1.54) is 66.8 Å². The van der Waals surface area contributed by atoms with Gasteiger partial charge >= 0.3 is 30.5 Å². The molecule has 0 fully saturated rings. The van der Waals surface area contributed by atoms with Crippen molar-refractivity contribution in [3.05, 3.63) is 169 Å². The van der Waals surface area contributed by atoms with Crippen molar-refractivity contribution < 1.29 is 52.4 Å². The van der Waals surface area contributed by atoms with Crippen molar-refractivity contribution in [1.29, 1.82) is 0 Å². The Morgan fingerprint density at radius 3 is 1.18 bits per heavy atom. The van der Waals surface area contributed by atoms with E-state index in [-0.39, 0.29) is 35.9 Å². The Labute approximate surface area is 632 Å². The molecule has 0 spiro atoms. The lowest BCUT2D eigenvalue weighted by Crippen LogP contribution is -2.46. The fraction of sp³-hybridized carbons (Fsp3) is 0.551. The summed E-state index contributed by atoms with van der Waals surface area (Å²) in [6, 6.07) is 31.9. The van der Waals surface area contributed by atoms with E-state index in [2.05, 4.69) is 166 Å². The number of alkyl halides is 5. The molecule has 5 aromatic rings. The maximum Gasteiger partial charge on any atom is 0.410 e. The Balaban J connectivity index is 0.000000195. The van der Waals surface area contributed by atoms with Gasteiger partial charge in [0.1, 0.15) is 40.4 Å². The monoisotopic (exact) mass is 1680 g/mol. The third kappa shape index (κ3) is 27.1. The van der Waals surface area contributed by atoms with E-state index < -0.39 is 28.0 Å². The quantitative estimate of drug-likeness (QED) is 0.122. The number of carbonyl (C=O) groups excluding carboxylic acids is 5. The number of nitrogens with zero attached hydrogens (tertiary/aromatic N) is 5. The van der Waals surface area contributed by atoms with Crippen LogP contribution in [0.4, 0.5) is 24.0 Å². The van der Waals surface area contributed by atoms with Crippen LogP contribution >= 0.6 is 79.6 Å². The smallest absolute Gasteiger partial charge is 0.410 e. The highest BCUT2D eigenvalue weighted by molar-refractivity contribution is 9.09. The van der Waals surface area contributed by atoms with E-state index >= 15 is 0 Å². The van der Waals surface area contributed by atoms with Crippen LogP contribution in [-0.2, 0) is 108 Å². The summed E-state index contributed by atoms with van der Waals surface area (Å²) in [5.41, 5.74) is 15.2. The summed E-state index contributed by atoms with van der Waals surface area (Å²) in [4.78, 5) is 69.6. The van der Waals surface area contributed by atoms with Crippen molar-refractivity contribution in [2.24, 2.45) is 0 Å². The molecule has 16 nitrogen and oxygen atoms in total. The Bertz CT molecular complexity index is 3480. The lowest BCUT2D eigenvalue weighted by Gasteiger charge is -2.40. The van der Waals surface area contributed by atoms with Gasteiger partial charge in [-0.15, -0.1) is 0 Å². The van der Waals surface area contributed by atoms with Crippen LogP contribution in [0.1, 0.15) is 202 Å². The maximum atomic E-state index is 12.3. The van der Waals surface area contributed by atoms with Crippen molar-refractivity contribution >= 4 is 110 Å². The number of hydrogen-bond donors (Lipinski definition) is 0. The zero-order valence-corrected chi connectivity index (χ0v) is 69.3. The molecule has 5 aliphatic heterocycles. The zero-order valence-electron chi connectivity index (χ0n) is 61.4. The number of halogens is 5. The van der Waals surface area contributed by atoms with Crippen LogP contribution in [0.5, 0.6) is 5.75 Å². The van der Waals surface area contributed by atoms with E-state index in [4.69, 9.17) is 28.4 Å². The Hall–Kier alpha value is -5.35. The predicted molar refractivity (Wildman–Crippen MR) is 413 cm³/mol. The molecule has 5 aromatic carbocycles. The molecule has 5 heterocycles. The van der Waals surface area contributed by atoms with Crippen LogP contribution in [0.2, 0.25) is 0 Å². The molecular weight excluding hydrogens is 1580 g/mol. The number of amides is 5. The summed E-state index contributed by atoms with van der Waals surface area (Å²) in [5.74, 6) is 0.855. The van der Waals surface area contributed by atoms with Gasteiger partial charge in [0.15, 0.2) is 0 Å². The topological polar surface area (TPSA) is 157 Å². The van der Waals surface area contributed by atoms with Gasteiger partial charge in [-0.25, -0.2) is 24.0 Å². The van der Waals surface area contributed by atoms with Gasteiger partial charge in [0.2, 0.25) is 0 Å². The number of rotatable bonds is 5. The van der Waals surface area contributed by atoms with Gasteiger partial charge in [0, 0.05) is 90.0 Å². The third-order valence-electron chi connectivity index (χ3n) is 16.1. The highest BCUT2D eigenvalue weighted by Gasteiger charge is 2.37. The van der Waals surface area contributed by atoms with E-state index in [0.717, 1.165) is 88.8 Å². The molecular formula is C78H106Br5N5O11. The number of hydrogen-bond acceptors (Lipinski definition) is 11. The minimum Gasteiger partial charge on any atom is -0.491 e. The molecule has 5 amide bonds. The van der Waals surface area contributed by atoms with Gasteiger partial charge in [-0.1, -0.05) is 178 Å². The Kier molecular flexibility index (Phi) is 30.2. The van der Waals surface area contributed by atoms with Crippen molar-refractivity contribution in [2.45, 2.75) is 236 Å². The molecule has 0 saturated carbocycles. The average Bonchev–Trinajstić information content (AvgIpc) is 1.62. The van der Waals surface area contributed by atoms with Gasteiger partial charge in [-0.05, 0) is 208 Å². The number of benzene rings is 5. The standard InChI is InChI=1S/C17H24BrNO2.2C16H22BrNO2.C15H20BrNO3.C14H18BrNO2/c1-16(2,3)21-15(20)19-10-13-7-6-12(9-18)8-14(13)17(4,5)11-19;1-16(2,3)20-15(19)18-8-6-13-5-4-12(11-17)10-14(13)7-9-18;1-16(2,3)20-15(19)18-8-4-5-13-9-12(10-17)6-7-14(13)11-18;1-15(2,3)20-14(18)17-6-7-19-13-8-11(9-16)4-5-12(13)10-17;1-14(2,3)18-13(17)16-8-11-5-4-10(7-15)6-12(11)9-16/h6-8H,9-11H2,1-5H3;4-5,10H,6-9,11H2,1-3H3;6-7,9H,4-5,8,10-11H2,1-3H3;4-5,8H,6-7,9-10H2,1-3H3;4-6H,7-9H2,1-3H3. The van der Waals surface area contributed by atoms with E-state index in [9.17, 15) is 24.0 Å². The predicted octanol–water partition coefficient (Wildman–Crippen LogP) is 20.3. The molecule has 5 aliphatic rings. The summed E-state index contributed by atoms with van der Waals surface area (Å²) < 4.78 is 33.0. The largest absolute Gasteiger partial charge is 0.491 e. The molecule has 0 radical (unpaired) electrons. The lowest BCUT2D eigenvalue weighted by atomic mass is 9.78. The van der Waals surface area contributed by atoms with Gasteiger partial charge in [0.05, 0.1) is 13.1 Å². The highest BCUT2D eigenvalue weighted by atomic mass is 79.9. The molecule has 0 unspecified atom stereocenters. The van der Waals surface area contributed by atoms with Crippen molar-refractivity contribution in [1.82, 2.24) is 24.5 Å². The molecule has 0 N–H and O–H groups in total. The van der Waals surface area contributed by atoms with Crippen LogP contribution in [0.15, 0.2) is 91.0 Å². The van der Waals surface area contributed by atoms with Crippen LogP contribution in [0.25, 0.3) is 0 Å². The number of fused-ring (bicyclic) bond motifs is 5. The number of ether oxygens (including phenoxy) is 6. The van der Waals surface area contributed by atoms with E-state index in [1.807, 2.05) is 132 Å². The van der Waals surface area contributed by atoms with Gasteiger partial charge in [-0.3, -0.25) is 4.90 Å². The first-order valence-electron chi connectivity index (χ1n) is 34.1.